The van der Waals surface area contributed by atoms with Crippen molar-refractivity contribution in [2.45, 2.75) is 62.2 Å². The first-order valence-electron chi connectivity index (χ1n) is 14.6. The Morgan fingerprint density at radius 3 is 2.16 bits per heavy atom. The van der Waals surface area contributed by atoms with E-state index in [0.717, 1.165) is 61.8 Å². The Kier molecular flexibility index (Phi) is 8.49. The van der Waals surface area contributed by atoms with E-state index in [9.17, 15) is 28.0 Å². The lowest BCUT2D eigenvalue weighted by molar-refractivity contribution is -0.192. The molecule has 44 heavy (non-hydrogen) atoms. The molecule has 1 aliphatic heterocycles. The van der Waals surface area contributed by atoms with Gasteiger partial charge < -0.3 is 30.0 Å². The van der Waals surface area contributed by atoms with Crippen LogP contribution in [0.4, 0.5) is 18.9 Å². The third-order valence-corrected chi connectivity index (χ3v) is 8.64. The van der Waals surface area contributed by atoms with Crippen molar-refractivity contribution < 1.29 is 37.1 Å². The average Bonchev–Trinajstić information content (AvgIpc) is 3.68. The van der Waals surface area contributed by atoms with E-state index in [2.05, 4.69) is 45.7 Å². The number of nitrogens with zero attached hydrogens (tertiary/aromatic N) is 3. The number of carboxylic acid groups (broad SMARTS) is 1. The molecule has 0 radical (unpaired) electrons. The van der Waals surface area contributed by atoms with Gasteiger partial charge in [-0.1, -0.05) is 19.3 Å². The summed E-state index contributed by atoms with van der Waals surface area (Å²) in [6.07, 6.45) is 0.172. The van der Waals surface area contributed by atoms with Crippen LogP contribution in [0.5, 0.6) is 0 Å². The summed E-state index contributed by atoms with van der Waals surface area (Å²) in [6.45, 7) is 4.07. The molecular formula is C31H34F3N5O5. The lowest BCUT2D eigenvalue weighted by Crippen LogP contribution is -2.61. The van der Waals surface area contributed by atoms with Crippen LogP contribution in [0.3, 0.4) is 0 Å². The molecule has 2 aliphatic carbocycles. The highest BCUT2D eigenvalue weighted by Gasteiger charge is 2.50. The molecule has 0 unspecified atom stereocenters. The number of carboxylic acids is 1. The number of rotatable bonds is 5. The minimum atomic E-state index is -5.08. The standard InChI is InChI=1S/C29H33N5O3.C2HF3O2/c1-33-13-15-34(16-14-33)21-6-8-24-23(18-21)22-7-5-20(17-25(22)37-24)26(35)31-29(9-3-2-4-10-29)27(36)32-28(19-30)11-12-28;3-2(4,5)1(6)7/h5-8,17-18H,2-4,9-16H2,1H3,(H,31,35)(H,32,36);(H,6,7). The van der Waals surface area contributed by atoms with E-state index >= 15 is 0 Å². The quantitative estimate of drug-likeness (QED) is 0.380. The number of nitriles is 1. The van der Waals surface area contributed by atoms with Crippen molar-refractivity contribution in [3.8, 4) is 6.07 Å². The molecule has 6 rings (SSSR count). The van der Waals surface area contributed by atoms with Gasteiger partial charge in [0.2, 0.25) is 5.91 Å². The molecule has 2 amide bonds. The zero-order valence-corrected chi connectivity index (χ0v) is 24.3. The summed E-state index contributed by atoms with van der Waals surface area (Å²) in [5, 5.41) is 24.6. The van der Waals surface area contributed by atoms with Gasteiger partial charge in [-0.3, -0.25) is 9.59 Å². The van der Waals surface area contributed by atoms with E-state index in [1.54, 1.807) is 12.1 Å². The second kappa shape index (κ2) is 12.0. The van der Waals surface area contributed by atoms with E-state index < -0.39 is 23.2 Å². The fourth-order valence-corrected chi connectivity index (χ4v) is 5.75. The molecule has 10 nitrogen and oxygen atoms in total. The third kappa shape index (κ3) is 6.60. The number of alkyl halides is 3. The molecule has 2 saturated carbocycles. The van der Waals surface area contributed by atoms with Gasteiger partial charge in [0.1, 0.15) is 22.2 Å². The van der Waals surface area contributed by atoms with E-state index in [-0.39, 0.29) is 11.8 Å². The number of benzene rings is 2. The number of amides is 2. The normalized spacial score (nSPS) is 19.4. The Bertz CT molecular complexity index is 1610. The van der Waals surface area contributed by atoms with E-state index in [1.807, 2.05) is 12.1 Å². The molecular weight excluding hydrogens is 579 g/mol. The summed E-state index contributed by atoms with van der Waals surface area (Å²) in [6, 6.07) is 14.0. The summed E-state index contributed by atoms with van der Waals surface area (Å²) in [4.78, 5) is 40.3. The Labute approximate surface area is 251 Å². The predicted molar refractivity (Wildman–Crippen MR) is 156 cm³/mol. The summed E-state index contributed by atoms with van der Waals surface area (Å²) < 4.78 is 37.9. The smallest absolute Gasteiger partial charge is 0.475 e. The van der Waals surface area contributed by atoms with Gasteiger partial charge in [0.25, 0.3) is 5.91 Å². The van der Waals surface area contributed by atoms with E-state index in [1.165, 1.54) is 5.69 Å². The van der Waals surface area contributed by atoms with Crippen LogP contribution in [0.25, 0.3) is 21.9 Å². The van der Waals surface area contributed by atoms with Crippen LogP contribution in [0.1, 0.15) is 55.3 Å². The van der Waals surface area contributed by atoms with Crippen molar-refractivity contribution in [3.63, 3.8) is 0 Å². The number of carbonyl (C=O) groups excluding carboxylic acids is 2. The first-order valence-corrected chi connectivity index (χ1v) is 14.6. The van der Waals surface area contributed by atoms with Crippen molar-refractivity contribution in [2.24, 2.45) is 0 Å². The van der Waals surface area contributed by atoms with Crippen molar-refractivity contribution >= 4 is 45.4 Å². The van der Waals surface area contributed by atoms with Crippen LogP contribution >= 0.6 is 0 Å². The van der Waals surface area contributed by atoms with Crippen LogP contribution in [0.2, 0.25) is 0 Å². The number of halogens is 3. The number of hydrogen-bond acceptors (Lipinski definition) is 7. The summed E-state index contributed by atoms with van der Waals surface area (Å²) in [7, 11) is 2.15. The molecule has 234 valence electrons. The van der Waals surface area contributed by atoms with Crippen molar-refractivity contribution in [1.82, 2.24) is 15.5 Å². The van der Waals surface area contributed by atoms with Gasteiger partial charge in [0, 0.05) is 48.2 Å². The topological polar surface area (TPSA) is 139 Å². The minimum Gasteiger partial charge on any atom is -0.475 e. The first kappa shape index (κ1) is 31.1. The maximum Gasteiger partial charge on any atom is 0.490 e. The highest BCUT2D eigenvalue weighted by Crippen LogP contribution is 2.37. The zero-order valence-electron chi connectivity index (χ0n) is 24.3. The predicted octanol–water partition coefficient (Wildman–Crippen LogP) is 4.58. The van der Waals surface area contributed by atoms with Gasteiger partial charge >= 0.3 is 12.1 Å². The maximum absolute atomic E-state index is 13.4. The third-order valence-electron chi connectivity index (χ3n) is 8.64. The van der Waals surface area contributed by atoms with Gasteiger partial charge in [-0.25, -0.2) is 4.79 Å². The molecule has 3 fully saturated rings. The molecule has 3 aromatic rings. The highest BCUT2D eigenvalue weighted by atomic mass is 19.4. The average molecular weight is 614 g/mol. The Balaban J connectivity index is 0.000000493. The number of fused-ring (bicyclic) bond motifs is 3. The molecule has 0 bridgehead atoms. The number of piperazine rings is 1. The number of furan rings is 1. The van der Waals surface area contributed by atoms with E-state index in [0.29, 0.717) is 36.8 Å². The van der Waals surface area contributed by atoms with Crippen molar-refractivity contribution in [2.75, 3.05) is 38.1 Å². The van der Waals surface area contributed by atoms with Gasteiger partial charge in [-0.2, -0.15) is 18.4 Å². The molecule has 2 aromatic carbocycles. The minimum absolute atomic E-state index is 0.235. The Hall–Kier alpha value is -4.31. The maximum atomic E-state index is 13.4. The van der Waals surface area contributed by atoms with E-state index in [4.69, 9.17) is 14.3 Å². The van der Waals surface area contributed by atoms with Crippen LogP contribution in [0.15, 0.2) is 40.8 Å². The number of likely N-dealkylation sites (N-methyl/N-ethyl adjacent to an activating group) is 1. The second-order valence-corrected chi connectivity index (χ2v) is 11.8. The number of hydrogen-bond donors (Lipinski definition) is 3. The molecule has 2 heterocycles. The largest absolute Gasteiger partial charge is 0.490 e. The summed E-state index contributed by atoms with van der Waals surface area (Å²) in [5.74, 6) is -3.28. The van der Waals surface area contributed by atoms with Gasteiger partial charge in [-0.15, -0.1) is 0 Å². The van der Waals surface area contributed by atoms with Crippen LogP contribution in [-0.4, -0.2) is 78.3 Å². The number of aliphatic carboxylic acids is 1. The van der Waals surface area contributed by atoms with Crippen molar-refractivity contribution in [1.29, 1.82) is 5.26 Å². The van der Waals surface area contributed by atoms with Gasteiger partial charge in [0.15, 0.2) is 0 Å². The second-order valence-electron chi connectivity index (χ2n) is 11.8. The lowest BCUT2D eigenvalue weighted by Gasteiger charge is -2.37. The van der Waals surface area contributed by atoms with Crippen LogP contribution in [-0.2, 0) is 9.59 Å². The Morgan fingerprint density at radius 2 is 1.57 bits per heavy atom. The molecule has 13 heteroatoms. The molecule has 0 atom stereocenters. The summed E-state index contributed by atoms with van der Waals surface area (Å²) in [5.41, 5.74) is 1.34. The van der Waals surface area contributed by atoms with Crippen LogP contribution < -0.4 is 15.5 Å². The molecule has 3 N–H and O–H groups in total. The highest BCUT2D eigenvalue weighted by molar-refractivity contribution is 6.09. The van der Waals surface area contributed by atoms with Gasteiger partial charge in [-0.05, 0) is 69.1 Å². The molecule has 1 saturated heterocycles. The monoisotopic (exact) mass is 613 g/mol. The molecule has 0 spiro atoms. The molecule has 1 aromatic heterocycles. The fraction of sp³-hybridized carbons (Fsp3) is 0.484. The van der Waals surface area contributed by atoms with Gasteiger partial charge in [0.05, 0.1) is 6.07 Å². The first-order chi connectivity index (χ1) is 20.8. The SMILES string of the molecule is CN1CCN(c2ccc3oc4cc(C(=O)NC5(C(=O)NC6(C#N)CC6)CCCCC5)ccc4c3c2)CC1.O=C(O)C(F)(F)F. The molecule has 3 aliphatic rings. The number of anilines is 1. The lowest BCUT2D eigenvalue weighted by atomic mass is 9.80. The fourth-order valence-electron chi connectivity index (χ4n) is 5.75. The summed E-state index contributed by atoms with van der Waals surface area (Å²) >= 11 is 0. The van der Waals surface area contributed by atoms with Crippen molar-refractivity contribution in [3.05, 3.63) is 42.0 Å². The number of carbonyl (C=O) groups is 3. The van der Waals surface area contributed by atoms with Crippen LogP contribution in [0, 0.1) is 11.3 Å². The number of nitrogens with one attached hydrogen (secondary N) is 2. The Morgan fingerprint density at radius 1 is 0.909 bits per heavy atom. The zero-order chi connectivity index (χ0) is 31.7.